The molecule has 1 amide bonds. The number of ether oxygens (including phenoxy) is 1. The topological polar surface area (TPSA) is 114 Å². The fraction of sp³-hybridized carbons (Fsp3) is 0.316. The number of hydrogen-bond donors (Lipinski definition) is 1. The third-order valence-electron chi connectivity index (χ3n) is 4.63. The summed E-state index contributed by atoms with van der Waals surface area (Å²) in [4.78, 5) is 21.4. The Morgan fingerprint density at radius 1 is 1.43 bits per heavy atom. The van der Waals surface area contributed by atoms with Crippen molar-refractivity contribution < 1.29 is 14.1 Å². The number of nitrogens with zero attached hydrogens (tertiary/aromatic N) is 6. The summed E-state index contributed by atoms with van der Waals surface area (Å²) in [5.74, 6) is 1.93. The van der Waals surface area contributed by atoms with Gasteiger partial charge in [-0.1, -0.05) is 0 Å². The second kappa shape index (κ2) is 7.92. The molecule has 28 heavy (non-hydrogen) atoms. The molecule has 0 saturated carbocycles. The van der Waals surface area contributed by atoms with Crippen LogP contribution < -0.4 is 19.9 Å². The van der Waals surface area contributed by atoms with Crippen LogP contribution in [0.15, 0.2) is 24.4 Å². The predicted molar refractivity (Wildman–Crippen MR) is 103 cm³/mol. The Kier molecular flexibility index (Phi) is 5.40. The van der Waals surface area contributed by atoms with Gasteiger partial charge in [0.1, 0.15) is 18.4 Å². The zero-order valence-corrected chi connectivity index (χ0v) is 16.1. The summed E-state index contributed by atoms with van der Waals surface area (Å²) in [6.07, 6.45) is 1.93. The Balaban J connectivity index is 2.15. The van der Waals surface area contributed by atoms with Crippen molar-refractivity contribution in [3.63, 3.8) is 0 Å². The number of anilines is 2. The molecule has 9 heteroatoms. The molecule has 0 aliphatic rings. The normalized spacial score (nSPS) is 10.6. The van der Waals surface area contributed by atoms with Gasteiger partial charge in [0.2, 0.25) is 6.41 Å². The highest BCUT2D eigenvalue weighted by Gasteiger charge is 2.27. The molecule has 2 N–H and O–H groups in total. The Bertz CT molecular complexity index is 1070. The standard InChI is InChI=1S/C19H22N7O2/c1-4-25-15-7-6-14(28-3)8-16(15)26(5-2)17(25)11-24(12-27)19-18(21)22-10-13(9-20)23-19/h6-8,10,12H,4-5,11H2,1-3H3,(H2,21,22)/q+1. The second-order valence-corrected chi connectivity index (χ2v) is 6.07. The Morgan fingerprint density at radius 3 is 2.82 bits per heavy atom. The fourth-order valence-corrected chi connectivity index (χ4v) is 3.34. The number of aryl methyl sites for hydroxylation is 2. The van der Waals surface area contributed by atoms with Gasteiger partial charge in [-0.2, -0.15) is 5.26 Å². The number of imidazole rings is 1. The van der Waals surface area contributed by atoms with Crippen LogP contribution in [0.3, 0.4) is 0 Å². The molecule has 0 unspecified atom stereocenters. The molecular formula is C19H22N7O2+. The van der Waals surface area contributed by atoms with Crippen LogP contribution in [0.1, 0.15) is 25.4 Å². The molecular weight excluding hydrogens is 358 g/mol. The monoisotopic (exact) mass is 380 g/mol. The van der Waals surface area contributed by atoms with Crippen LogP contribution >= 0.6 is 0 Å². The molecule has 1 aromatic carbocycles. The van der Waals surface area contributed by atoms with E-state index in [1.54, 1.807) is 7.11 Å². The number of benzene rings is 1. The lowest BCUT2D eigenvalue weighted by atomic mass is 10.3. The minimum absolute atomic E-state index is 0.0926. The quantitative estimate of drug-likeness (QED) is 0.489. The second-order valence-electron chi connectivity index (χ2n) is 6.07. The lowest BCUT2D eigenvalue weighted by molar-refractivity contribution is -0.676. The molecule has 144 valence electrons. The van der Waals surface area contributed by atoms with E-state index in [-0.39, 0.29) is 23.9 Å². The van der Waals surface area contributed by atoms with E-state index in [1.165, 1.54) is 11.1 Å². The summed E-state index contributed by atoms with van der Waals surface area (Å²) >= 11 is 0. The van der Waals surface area contributed by atoms with Crippen molar-refractivity contribution in [1.29, 1.82) is 5.26 Å². The van der Waals surface area contributed by atoms with E-state index in [0.29, 0.717) is 13.0 Å². The highest BCUT2D eigenvalue weighted by atomic mass is 16.5. The van der Waals surface area contributed by atoms with E-state index in [0.717, 1.165) is 29.2 Å². The summed E-state index contributed by atoms with van der Waals surface area (Å²) in [6.45, 7) is 5.74. The number of fused-ring (bicyclic) bond motifs is 1. The number of nitrogens with two attached hydrogens (primary N) is 1. The van der Waals surface area contributed by atoms with E-state index in [4.69, 9.17) is 15.7 Å². The molecule has 0 spiro atoms. The number of nitriles is 1. The summed E-state index contributed by atoms with van der Waals surface area (Å²) in [5, 5.41) is 9.09. The van der Waals surface area contributed by atoms with Gasteiger partial charge in [-0.25, -0.2) is 19.1 Å². The van der Waals surface area contributed by atoms with Crippen LogP contribution in [0.2, 0.25) is 0 Å². The van der Waals surface area contributed by atoms with Gasteiger partial charge >= 0.3 is 0 Å². The molecule has 0 bridgehead atoms. The van der Waals surface area contributed by atoms with E-state index in [1.807, 2.05) is 38.1 Å². The van der Waals surface area contributed by atoms with E-state index in [2.05, 4.69) is 19.1 Å². The minimum Gasteiger partial charge on any atom is -0.497 e. The zero-order chi connectivity index (χ0) is 20.3. The maximum Gasteiger partial charge on any atom is 0.277 e. The van der Waals surface area contributed by atoms with E-state index >= 15 is 0 Å². The first-order chi connectivity index (χ1) is 13.6. The van der Waals surface area contributed by atoms with E-state index in [9.17, 15) is 4.79 Å². The van der Waals surface area contributed by atoms with Crippen molar-refractivity contribution in [3.05, 3.63) is 35.9 Å². The first kappa shape index (κ1) is 19.1. The van der Waals surface area contributed by atoms with Crippen molar-refractivity contribution in [1.82, 2.24) is 14.5 Å². The molecule has 3 rings (SSSR count). The van der Waals surface area contributed by atoms with Crippen LogP contribution in [-0.4, -0.2) is 28.1 Å². The molecule has 0 saturated heterocycles. The van der Waals surface area contributed by atoms with Crippen molar-refractivity contribution in [2.75, 3.05) is 17.7 Å². The molecule has 0 fully saturated rings. The van der Waals surface area contributed by atoms with Crippen LogP contribution in [0, 0.1) is 11.3 Å². The molecule has 0 aliphatic carbocycles. The first-order valence-electron chi connectivity index (χ1n) is 8.91. The van der Waals surface area contributed by atoms with Gasteiger partial charge in [0.25, 0.3) is 5.82 Å². The summed E-state index contributed by atoms with van der Waals surface area (Å²) in [5.41, 5.74) is 8.06. The van der Waals surface area contributed by atoms with Gasteiger partial charge in [0.15, 0.2) is 28.4 Å². The van der Waals surface area contributed by atoms with Crippen LogP contribution in [-0.2, 0) is 24.4 Å². The number of hydrogen-bond acceptors (Lipinski definition) is 6. The van der Waals surface area contributed by atoms with Gasteiger partial charge in [-0.3, -0.25) is 9.69 Å². The zero-order valence-electron chi connectivity index (χ0n) is 16.1. The molecule has 0 radical (unpaired) electrons. The SMILES string of the molecule is CCn1c(CN(C=O)c2nc(C#N)cnc2N)[n+](CC)c2ccc(OC)cc21. The summed E-state index contributed by atoms with van der Waals surface area (Å²) in [6, 6.07) is 7.81. The lowest BCUT2D eigenvalue weighted by Gasteiger charge is -2.16. The van der Waals surface area contributed by atoms with Gasteiger partial charge in [0, 0.05) is 6.07 Å². The number of rotatable bonds is 7. The Labute approximate surface area is 162 Å². The predicted octanol–water partition coefficient (Wildman–Crippen LogP) is 1.38. The summed E-state index contributed by atoms with van der Waals surface area (Å²) < 4.78 is 9.61. The average molecular weight is 380 g/mol. The van der Waals surface area contributed by atoms with Crippen molar-refractivity contribution in [2.24, 2.45) is 0 Å². The van der Waals surface area contributed by atoms with Gasteiger partial charge in [-0.05, 0) is 26.0 Å². The molecule has 2 aromatic heterocycles. The van der Waals surface area contributed by atoms with Crippen LogP contribution in [0.5, 0.6) is 5.75 Å². The highest BCUT2D eigenvalue weighted by molar-refractivity contribution is 5.79. The van der Waals surface area contributed by atoms with Gasteiger partial charge < -0.3 is 10.5 Å². The maximum absolute atomic E-state index is 11.9. The van der Waals surface area contributed by atoms with Crippen molar-refractivity contribution in [2.45, 2.75) is 33.5 Å². The number of carbonyl (C=O) groups is 1. The minimum atomic E-state index is 0.0926. The smallest absolute Gasteiger partial charge is 0.277 e. The highest BCUT2D eigenvalue weighted by Crippen LogP contribution is 2.24. The Hall–Kier alpha value is -3.67. The molecule has 0 aliphatic heterocycles. The van der Waals surface area contributed by atoms with E-state index < -0.39 is 0 Å². The van der Waals surface area contributed by atoms with Gasteiger partial charge in [-0.15, -0.1) is 0 Å². The van der Waals surface area contributed by atoms with Crippen LogP contribution in [0.25, 0.3) is 11.0 Å². The third kappa shape index (κ3) is 3.20. The average Bonchev–Trinajstić information content (AvgIpc) is 3.03. The summed E-state index contributed by atoms with van der Waals surface area (Å²) in [7, 11) is 1.63. The number of nitrogen functional groups attached to an aromatic ring is 1. The first-order valence-corrected chi connectivity index (χ1v) is 8.91. The van der Waals surface area contributed by atoms with Gasteiger partial charge in [0.05, 0.1) is 26.4 Å². The largest absolute Gasteiger partial charge is 0.497 e. The molecule has 9 nitrogen and oxygen atoms in total. The number of methoxy groups -OCH3 is 1. The number of amides is 1. The lowest BCUT2D eigenvalue weighted by Crippen LogP contribution is -2.40. The number of aromatic nitrogens is 4. The maximum atomic E-state index is 11.9. The van der Waals surface area contributed by atoms with Crippen molar-refractivity contribution >= 4 is 29.1 Å². The van der Waals surface area contributed by atoms with Crippen molar-refractivity contribution in [3.8, 4) is 11.8 Å². The molecule has 2 heterocycles. The Morgan fingerprint density at radius 2 is 2.21 bits per heavy atom. The fourth-order valence-electron chi connectivity index (χ4n) is 3.34. The third-order valence-corrected chi connectivity index (χ3v) is 4.63. The van der Waals surface area contributed by atoms with Crippen LogP contribution in [0.4, 0.5) is 11.6 Å². The molecule has 0 atom stereocenters. The molecule has 3 aromatic rings. The number of carbonyl (C=O) groups excluding carboxylic acids is 1.